The molecule has 3 heteroatoms. The molecule has 2 aliphatic heterocycles. The average molecular weight is 254 g/mol. The molecular formula is C14H22O2S. The van der Waals surface area contributed by atoms with Crippen LogP contribution in [0.4, 0.5) is 0 Å². The summed E-state index contributed by atoms with van der Waals surface area (Å²) >= 11 is 2.03. The van der Waals surface area contributed by atoms with Crippen LogP contribution in [-0.2, 0) is 9.53 Å². The fraction of sp³-hybridized carbons (Fsp3) is 0.929. The van der Waals surface area contributed by atoms with Gasteiger partial charge in [-0.05, 0) is 50.2 Å². The highest BCUT2D eigenvalue weighted by Gasteiger charge is 2.40. The van der Waals surface area contributed by atoms with Crippen molar-refractivity contribution in [3.63, 3.8) is 0 Å². The molecule has 2 atom stereocenters. The molecule has 1 spiro atoms. The highest BCUT2D eigenvalue weighted by molar-refractivity contribution is 7.99. The number of carbonyl (C=O) groups excluding carboxylic acids is 1. The summed E-state index contributed by atoms with van der Waals surface area (Å²) in [6.45, 7) is 0.919. The second-order valence-electron chi connectivity index (χ2n) is 5.97. The molecule has 3 aliphatic rings. The van der Waals surface area contributed by atoms with Crippen LogP contribution in [0.2, 0.25) is 0 Å². The van der Waals surface area contributed by atoms with Gasteiger partial charge in [0.25, 0.3) is 0 Å². The molecule has 0 amide bonds. The Kier molecular flexibility index (Phi) is 3.49. The lowest BCUT2D eigenvalue weighted by Gasteiger charge is -2.37. The van der Waals surface area contributed by atoms with Crippen molar-refractivity contribution in [3.05, 3.63) is 0 Å². The van der Waals surface area contributed by atoms with Gasteiger partial charge in [0.05, 0.1) is 5.60 Å². The Morgan fingerprint density at radius 3 is 2.94 bits per heavy atom. The van der Waals surface area contributed by atoms with Gasteiger partial charge < -0.3 is 4.74 Å². The van der Waals surface area contributed by atoms with Gasteiger partial charge in [-0.1, -0.05) is 0 Å². The monoisotopic (exact) mass is 254 g/mol. The van der Waals surface area contributed by atoms with Gasteiger partial charge >= 0.3 is 0 Å². The summed E-state index contributed by atoms with van der Waals surface area (Å²) in [4.78, 5) is 11.7. The smallest absolute Gasteiger partial charge is 0.135 e. The zero-order valence-electron chi connectivity index (χ0n) is 10.5. The van der Waals surface area contributed by atoms with Gasteiger partial charge in [0.2, 0.25) is 0 Å². The molecule has 0 N–H and O–H groups in total. The molecule has 2 unspecified atom stereocenters. The molecule has 0 aromatic rings. The van der Waals surface area contributed by atoms with Gasteiger partial charge in [-0.3, -0.25) is 4.79 Å². The van der Waals surface area contributed by atoms with Gasteiger partial charge in [-0.2, -0.15) is 11.8 Å². The van der Waals surface area contributed by atoms with Crippen molar-refractivity contribution in [2.24, 2.45) is 11.8 Å². The molecule has 0 aromatic carbocycles. The zero-order valence-corrected chi connectivity index (χ0v) is 11.3. The summed E-state index contributed by atoms with van der Waals surface area (Å²) in [5, 5.41) is 0. The maximum Gasteiger partial charge on any atom is 0.135 e. The van der Waals surface area contributed by atoms with Crippen molar-refractivity contribution < 1.29 is 9.53 Å². The largest absolute Gasteiger partial charge is 0.374 e. The van der Waals surface area contributed by atoms with E-state index in [0.29, 0.717) is 11.7 Å². The number of rotatable bonds is 4. The summed E-state index contributed by atoms with van der Waals surface area (Å²) < 4.78 is 6.02. The third-order valence-electron chi connectivity index (χ3n) is 4.49. The molecule has 0 radical (unpaired) electrons. The van der Waals surface area contributed by atoms with Crippen molar-refractivity contribution in [3.8, 4) is 0 Å². The molecule has 96 valence electrons. The molecule has 2 heterocycles. The fourth-order valence-corrected chi connectivity index (χ4v) is 4.57. The lowest BCUT2D eigenvalue weighted by Crippen LogP contribution is -2.39. The van der Waals surface area contributed by atoms with Crippen LogP contribution >= 0.6 is 11.8 Å². The topological polar surface area (TPSA) is 26.3 Å². The molecule has 2 nitrogen and oxygen atoms in total. The van der Waals surface area contributed by atoms with E-state index in [2.05, 4.69) is 0 Å². The summed E-state index contributed by atoms with van der Waals surface area (Å²) in [5.74, 6) is 4.16. The summed E-state index contributed by atoms with van der Waals surface area (Å²) in [6, 6.07) is 0. The van der Waals surface area contributed by atoms with Gasteiger partial charge in [-0.15, -0.1) is 0 Å². The minimum absolute atomic E-state index is 0.191. The van der Waals surface area contributed by atoms with Crippen LogP contribution in [0.15, 0.2) is 0 Å². The molecule has 1 saturated carbocycles. The Morgan fingerprint density at radius 1 is 1.35 bits per heavy atom. The SMILES string of the molecule is O=C(CCC1CCOC2(CCSC2)C1)C1CC1. The van der Waals surface area contributed by atoms with Crippen molar-refractivity contribution >= 4 is 17.5 Å². The van der Waals surface area contributed by atoms with E-state index in [1.54, 1.807) is 0 Å². The fourth-order valence-electron chi connectivity index (χ4n) is 3.19. The molecule has 2 saturated heterocycles. The van der Waals surface area contributed by atoms with E-state index < -0.39 is 0 Å². The molecule has 0 aromatic heterocycles. The average Bonchev–Trinajstić information content (AvgIpc) is 3.10. The molecular weight excluding hydrogens is 232 g/mol. The standard InChI is InChI=1S/C14H22O2S/c15-13(12-2-3-12)4-1-11-5-7-16-14(9-11)6-8-17-10-14/h11-12H,1-10H2. The second-order valence-corrected chi connectivity index (χ2v) is 7.08. The summed E-state index contributed by atoms with van der Waals surface area (Å²) in [5.41, 5.74) is 0.191. The van der Waals surface area contributed by atoms with Crippen molar-refractivity contribution in [2.75, 3.05) is 18.1 Å². The maximum atomic E-state index is 11.7. The van der Waals surface area contributed by atoms with Crippen LogP contribution in [0.3, 0.4) is 0 Å². The third kappa shape index (κ3) is 2.87. The van der Waals surface area contributed by atoms with Crippen LogP contribution in [-0.4, -0.2) is 29.5 Å². The van der Waals surface area contributed by atoms with Crippen molar-refractivity contribution in [1.82, 2.24) is 0 Å². The molecule has 3 fully saturated rings. The first-order valence-corrected chi connectivity index (χ1v) is 8.17. The van der Waals surface area contributed by atoms with Crippen molar-refractivity contribution in [2.45, 2.75) is 50.5 Å². The Balaban J connectivity index is 1.48. The first-order valence-electron chi connectivity index (χ1n) is 7.02. The third-order valence-corrected chi connectivity index (χ3v) is 5.72. The molecule has 1 aliphatic carbocycles. The lowest BCUT2D eigenvalue weighted by molar-refractivity contribution is -0.121. The quantitative estimate of drug-likeness (QED) is 0.771. The van der Waals surface area contributed by atoms with Gasteiger partial charge in [0.15, 0.2) is 0 Å². The Hall–Kier alpha value is -0.0200. The number of ether oxygens (including phenoxy) is 1. The number of hydrogen-bond acceptors (Lipinski definition) is 3. The van der Waals surface area contributed by atoms with Gasteiger partial charge in [0.1, 0.15) is 5.78 Å². The normalized spacial score (nSPS) is 37.5. The van der Waals surface area contributed by atoms with Gasteiger partial charge in [-0.25, -0.2) is 0 Å². The highest BCUT2D eigenvalue weighted by atomic mass is 32.2. The van der Waals surface area contributed by atoms with Crippen molar-refractivity contribution in [1.29, 1.82) is 0 Å². The maximum absolute atomic E-state index is 11.7. The van der Waals surface area contributed by atoms with Crippen LogP contribution < -0.4 is 0 Å². The van der Waals surface area contributed by atoms with E-state index in [1.165, 1.54) is 30.8 Å². The molecule has 17 heavy (non-hydrogen) atoms. The second kappa shape index (κ2) is 4.93. The predicted octanol–water partition coefficient (Wildman–Crippen LogP) is 3.05. The first kappa shape index (κ1) is 12.0. The van der Waals surface area contributed by atoms with E-state index in [9.17, 15) is 4.79 Å². The predicted molar refractivity (Wildman–Crippen MR) is 70.3 cm³/mol. The van der Waals surface area contributed by atoms with E-state index in [4.69, 9.17) is 4.74 Å². The van der Waals surface area contributed by atoms with Crippen LogP contribution in [0.5, 0.6) is 0 Å². The number of thioether (sulfide) groups is 1. The summed E-state index contributed by atoms with van der Waals surface area (Å²) in [6.07, 6.45) is 7.87. The molecule has 3 rings (SSSR count). The van der Waals surface area contributed by atoms with Crippen LogP contribution in [0.25, 0.3) is 0 Å². The van der Waals surface area contributed by atoms with E-state index in [-0.39, 0.29) is 5.60 Å². The first-order chi connectivity index (χ1) is 8.27. The zero-order chi connectivity index (χ0) is 11.7. The van der Waals surface area contributed by atoms with Crippen LogP contribution in [0.1, 0.15) is 44.9 Å². The number of carbonyl (C=O) groups is 1. The van der Waals surface area contributed by atoms with E-state index >= 15 is 0 Å². The minimum atomic E-state index is 0.191. The minimum Gasteiger partial charge on any atom is -0.374 e. The van der Waals surface area contributed by atoms with Crippen LogP contribution in [0, 0.1) is 11.8 Å². The number of hydrogen-bond donors (Lipinski definition) is 0. The van der Waals surface area contributed by atoms with Gasteiger partial charge in [0, 0.05) is 24.7 Å². The van der Waals surface area contributed by atoms with E-state index in [0.717, 1.165) is 38.2 Å². The Morgan fingerprint density at radius 2 is 2.24 bits per heavy atom. The molecule has 0 bridgehead atoms. The number of Topliss-reactive ketones (excluding diaryl/α,β-unsaturated/α-hetero) is 1. The lowest BCUT2D eigenvalue weighted by atomic mass is 9.82. The summed E-state index contributed by atoms with van der Waals surface area (Å²) in [7, 11) is 0. The van der Waals surface area contributed by atoms with E-state index in [1.807, 2.05) is 11.8 Å². The highest BCUT2D eigenvalue weighted by Crippen LogP contribution is 2.42. The Bertz CT molecular complexity index is 293. The number of ketones is 1. The Labute approximate surface area is 108 Å².